The molecule has 0 aromatic carbocycles. The molecule has 2 aliphatic rings. The molecule has 0 saturated heterocycles. The van der Waals surface area contributed by atoms with Gasteiger partial charge in [0.2, 0.25) is 0 Å². The van der Waals surface area contributed by atoms with E-state index in [1.165, 1.54) is 25.7 Å². The van der Waals surface area contributed by atoms with E-state index in [0.717, 1.165) is 5.84 Å². The third kappa shape index (κ3) is 1.17. The normalized spacial score (nSPS) is 36.2. The lowest BCUT2D eigenvalue weighted by atomic mass is 9.78. The first-order chi connectivity index (χ1) is 5.38. The molecule has 0 aromatic heterocycles. The third-order valence-electron chi connectivity index (χ3n) is 2.76. The van der Waals surface area contributed by atoms with Gasteiger partial charge in [0.15, 0.2) is 0 Å². The van der Waals surface area contributed by atoms with Crippen molar-refractivity contribution in [1.82, 2.24) is 0 Å². The molecule has 1 saturated carbocycles. The smallest absolute Gasteiger partial charge is 0.103 e. The average Bonchev–Trinajstić information content (AvgIpc) is 2.06. The van der Waals surface area contributed by atoms with Gasteiger partial charge in [0.05, 0.1) is 0 Å². The maximum atomic E-state index is 5.79. The van der Waals surface area contributed by atoms with Crippen LogP contribution < -0.4 is 5.73 Å². The minimum absolute atomic E-state index is 0.564. The Kier molecular flexibility index (Phi) is 1.68. The predicted octanol–water partition coefficient (Wildman–Crippen LogP) is 1.68. The van der Waals surface area contributed by atoms with Gasteiger partial charge in [-0.15, -0.1) is 0 Å². The van der Waals surface area contributed by atoms with Gasteiger partial charge < -0.3 is 5.73 Å². The first kappa shape index (κ1) is 6.89. The van der Waals surface area contributed by atoms with Crippen molar-refractivity contribution in [1.29, 1.82) is 0 Å². The Labute approximate surface area is 67.2 Å². The lowest BCUT2D eigenvalue weighted by Gasteiger charge is -2.30. The zero-order valence-electron chi connectivity index (χ0n) is 6.66. The van der Waals surface area contributed by atoms with Crippen LogP contribution in [0.4, 0.5) is 0 Å². The number of aliphatic imine (C=N–C) groups is 1. The Morgan fingerprint density at radius 3 is 3.00 bits per heavy atom. The molecule has 1 heterocycles. The third-order valence-corrected chi connectivity index (χ3v) is 2.76. The molecule has 11 heavy (non-hydrogen) atoms. The molecule has 1 aliphatic carbocycles. The highest BCUT2D eigenvalue weighted by molar-refractivity contribution is 5.84. The highest BCUT2D eigenvalue weighted by Crippen LogP contribution is 2.32. The Balaban J connectivity index is 2.16. The van der Waals surface area contributed by atoms with Crippen molar-refractivity contribution in [2.24, 2.45) is 22.6 Å². The Bertz CT molecular complexity index is 206. The number of rotatable bonds is 0. The summed E-state index contributed by atoms with van der Waals surface area (Å²) in [6, 6.07) is 0. The quantitative estimate of drug-likeness (QED) is 0.560. The zero-order chi connectivity index (χ0) is 7.68. The molecule has 0 amide bonds. The van der Waals surface area contributed by atoms with Crippen LogP contribution in [-0.4, -0.2) is 5.84 Å². The molecule has 1 aliphatic heterocycles. The molecule has 2 nitrogen and oxygen atoms in total. The molecule has 0 spiro atoms. The van der Waals surface area contributed by atoms with Crippen LogP contribution in [0.2, 0.25) is 0 Å². The minimum Gasteiger partial charge on any atom is -0.387 e. The van der Waals surface area contributed by atoms with E-state index >= 15 is 0 Å². The van der Waals surface area contributed by atoms with Gasteiger partial charge in [-0.3, -0.25) is 0 Å². The summed E-state index contributed by atoms with van der Waals surface area (Å²) in [5.41, 5.74) is 5.79. The first-order valence-corrected chi connectivity index (χ1v) is 4.38. The van der Waals surface area contributed by atoms with Crippen LogP contribution in [-0.2, 0) is 0 Å². The van der Waals surface area contributed by atoms with Crippen LogP contribution in [0.5, 0.6) is 0 Å². The summed E-state index contributed by atoms with van der Waals surface area (Å²) in [4.78, 5) is 4.13. The number of amidine groups is 1. The molecule has 2 N–H and O–H groups in total. The molecule has 2 heteroatoms. The van der Waals surface area contributed by atoms with E-state index in [1.54, 1.807) is 0 Å². The van der Waals surface area contributed by atoms with Crippen molar-refractivity contribution in [3.8, 4) is 0 Å². The lowest BCUT2D eigenvalue weighted by molar-refractivity contribution is 0.351. The zero-order valence-corrected chi connectivity index (χ0v) is 6.66. The standard InChI is InChI=1S/C9H14N2/c10-9-8-4-2-1-3-7(8)5-6-11-9/h5-8H,1-4H2,(H2,10,11). The van der Waals surface area contributed by atoms with Gasteiger partial charge in [-0.05, 0) is 18.8 Å². The number of nitrogens with two attached hydrogens (primary N) is 1. The Hall–Kier alpha value is -0.790. The van der Waals surface area contributed by atoms with Crippen molar-refractivity contribution >= 4 is 5.84 Å². The summed E-state index contributed by atoms with van der Waals surface area (Å²) in [7, 11) is 0. The highest BCUT2D eigenvalue weighted by Gasteiger charge is 2.27. The Morgan fingerprint density at radius 2 is 2.18 bits per heavy atom. The maximum Gasteiger partial charge on any atom is 0.103 e. The maximum absolute atomic E-state index is 5.79. The van der Waals surface area contributed by atoms with Gasteiger partial charge in [0, 0.05) is 12.1 Å². The molecular formula is C9H14N2. The Morgan fingerprint density at radius 1 is 1.36 bits per heavy atom. The van der Waals surface area contributed by atoms with Crippen molar-refractivity contribution in [3.05, 3.63) is 12.3 Å². The second-order valence-corrected chi connectivity index (χ2v) is 3.45. The molecule has 0 aromatic rings. The number of fused-ring (bicyclic) bond motifs is 1. The SMILES string of the molecule is NC1=NC=CC2CCCCC12. The molecule has 60 valence electrons. The van der Waals surface area contributed by atoms with Crippen LogP contribution >= 0.6 is 0 Å². The van der Waals surface area contributed by atoms with Gasteiger partial charge in [-0.2, -0.15) is 0 Å². The van der Waals surface area contributed by atoms with Gasteiger partial charge in [-0.1, -0.05) is 18.9 Å². The molecule has 2 rings (SSSR count). The van der Waals surface area contributed by atoms with Crippen LogP contribution in [0.3, 0.4) is 0 Å². The predicted molar refractivity (Wildman–Crippen MR) is 46.2 cm³/mol. The molecule has 0 radical (unpaired) electrons. The number of hydrogen-bond donors (Lipinski definition) is 1. The lowest BCUT2D eigenvalue weighted by Crippen LogP contribution is -2.33. The summed E-state index contributed by atoms with van der Waals surface area (Å²) >= 11 is 0. The van der Waals surface area contributed by atoms with Crippen LogP contribution in [0.25, 0.3) is 0 Å². The minimum atomic E-state index is 0.564. The summed E-state index contributed by atoms with van der Waals surface area (Å²) in [6.07, 6.45) is 9.30. The van der Waals surface area contributed by atoms with Crippen molar-refractivity contribution in [3.63, 3.8) is 0 Å². The van der Waals surface area contributed by atoms with Gasteiger partial charge in [-0.25, -0.2) is 4.99 Å². The molecule has 2 atom stereocenters. The van der Waals surface area contributed by atoms with E-state index < -0.39 is 0 Å². The summed E-state index contributed by atoms with van der Waals surface area (Å²) in [6.45, 7) is 0. The fourth-order valence-corrected chi connectivity index (χ4v) is 2.09. The van der Waals surface area contributed by atoms with E-state index in [1.807, 2.05) is 6.20 Å². The van der Waals surface area contributed by atoms with Crippen LogP contribution in [0, 0.1) is 11.8 Å². The first-order valence-electron chi connectivity index (χ1n) is 4.38. The second-order valence-electron chi connectivity index (χ2n) is 3.45. The van der Waals surface area contributed by atoms with Crippen LogP contribution in [0.1, 0.15) is 25.7 Å². The number of hydrogen-bond acceptors (Lipinski definition) is 2. The fourth-order valence-electron chi connectivity index (χ4n) is 2.09. The average molecular weight is 150 g/mol. The summed E-state index contributed by atoms with van der Waals surface area (Å²) < 4.78 is 0. The van der Waals surface area contributed by atoms with Gasteiger partial charge in [0.25, 0.3) is 0 Å². The van der Waals surface area contributed by atoms with E-state index in [9.17, 15) is 0 Å². The molecule has 0 bridgehead atoms. The number of nitrogens with zero attached hydrogens (tertiary/aromatic N) is 1. The topological polar surface area (TPSA) is 38.4 Å². The highest BCUT2D eigenvalue weighted by atomic mass is 14.9. The van der Waals surface area contributed by atoms with Crippen LogP contribution in [0.15, 0.2) is 17.3 Å². The van der Waals surface area contributed by atoms with Crippen molar-refractivity contribution in [2.75, 3.05) is 0 Å². The molecule has 1 fully saturated rings. The van der Waals surface area contributed by atoms with E-state index in [-0.39, 0.29) is 0 Å². The van der Waals surface area contributed by atoms with E-state index in [4.69, 9.17) is 5.73 Å². The van der Waals surface area contributed by atoms with Gasteiger partial charge >= 0.3 is 0 Å². The van der Waals surface area contributed by atoms with E-state index in [2.05, 4.69) is 11.1 Å². The molecular weight excluding hydrogens is 136 g/mol. The van der Waals surface area contributed by atoms with Crippen molar-refractivity contribution in [2.45, 2.75) is 25.7 Å². The summed E-state index contributed by atoms with van der Waals surface area (Å²) in [5, 5.41) is 0. The monoisotopic (exact) mass is 150 g/mol. The summed E-state index contributed by atoms with van der Waals surface area (Å²) in [5.74, 6) is 2.12. The fraction of sp³-hybridized carbons (Fsp3) is 0.667. The number of allylic oxidation sites excluding steroid dienone is 1. The largest absolute Gasteiger partial charge is 0.387 e. The van der Waals surface area contributed by atoms with Crippen molar-refractivity contribution < 1.29 is 0 Å². The second kappa shape index (κ2) is 2.68. The molecule has 2 unspecified atom stereocenters. The van der Waals surface area contributed by atoms with E-state index in [0.29, 0.717) is 11.8 Å². The van der Waals surface area contributed by atoms with Gasteiger partial charge in [0.1, 0.15) is 5.84 Å².